The summed E-state index contributed by atoms with van der Waals surface area (Å²) in [6.07, 6.45) is 1.44. The molecule has 0 amide bonds. The molecule has 0 aromatic heterocycles. The van der Waals surface area contributed by atoms with Crippen LogP contribution < -0.4 is 4.31 Å². The fourth-order valence-corrected chi connectivity index (χ4v) is 5.77. The molecule has 1 aliphatic heterocycles. The first-order valence-electron chi connectivity index (χ1n) is 7.78. The minimum atomic E-state index is -3.90. The van der Waals surface area contributed by atoms with Crippen LogP contribution >= 0.6 is 0 Å². The Hall–Kier alpha value is -2.12. The second-order valence-corrected chi connectivity index (χ2v) is 9.85. The Bertz CT molecular complexity index is 1030. The van der Waals surface area contributed by atoms with Crippen LogP contribution in [-0.4, -0.2) is 28.6 Å². The molecule has 0 fully saturated rings. The van der Waals surface area contributed by atoms with Gasteiger partial charge >= 0.3 is 0 Å². The Balaban J connectivity index is 2.16. The number of aryl methyl sites for hydroxylation is 2. The van der Waals surface area contributed by atoms with E-state index in [0.717, 1.165) is 16.5 Å². The second-order valence-electron chi connectivity index (χ2n) is 6.11. The minimum Gasteiger partial charge on any atom is -0.258 e. The van der Waals surface area contributed by atoms with E-state index in [2.05, 4.69) is 0 Å². The van der Waals surface area contributed by atoms with E-state index in [4.69, 9.17) is 0 Å². The lowest BCUT2D eigenvalue weighted by Gasteiger charge is -2.29. The molecule has 2 aromatic rings. The Morgan fingerprint density at radius 1 is 1.00 bits per heavy atom. The lowest BCUT2D eigenvalue weighted by atomic mass is 10.1. The molecule has 25 heavy (non-hydrogen) atoms. The van der Waals surface area contributed by atoms with E-state index >= 15 is 0 Å². The van der Waals surface area contributed by atoms with E-state index in [-0.39, 0.29) is 10.6 Å². The average molecular weight is 377 g/mol. The zero-order valence-corrected chi connectivity index (χ0v) is 15.6. The summed E-state index contributed by atoms with van der Waals surface area (Å²) in [6, 6.07) is 12.6. The lowest BCUT2D eigenvalue weighted by Crippen LogP contribution is -2.41. The molecule has 0 bridgehead atoms. The molecular weight excluding hydrogens is 358 g/mol. The molecule has 0 radical (unpaired) electrons. The van der Waals surface area contributed by atoms with Gasteiger partial charge in [-0.05, 0) is 55.3 Å². The monoisotopic (exact) mass is 377 g/mol. The lowest BCUT2D eigenvalue weighted by molar-refractivity contribution is 0.586. The SMILES string of the molecule is Cc1ccc(N([C@H]2C=CS(=O)(=O)C2)S(=O)(=O)c2ccccc2)cc1C. The van der Waals surface area contributed by atoms with Crippen molar-refractivity contribution in [1.29, 1.82) is 0 Å². The number of hydrogen-bond acceptors (Lipinski definition) is 4. The van der Waals surface area contributed by atoms with Gasteiger partial charge < -0.3 is 0 Å². The van der Waals surface area contributed by atoms with Crippen molar-refractivity contribution < 1.29 is 16.8 Å². The first-order chi connectivity index (χ1) is 11.7. The number of rotatable bonds is 4. The fourth-order valence-electron chi connectivity index (χ4n) is 2.78. The topological polar surface area (TPSA) is 71.5 Å². The number of sulfonamides is 1. The maximum Gasteiger partial charge on any atom is 0.264 e. The highest BCUT2D eigenvalue weighted by Gasteiger charge is 2.35. The van der Waals surface area contributed by atoms with Gasteiger partial charge in [-0.2, -0.15) is 0 Å². The predicted molar refractivity (Wildman–Crippen MR) is 98.7 cm³/mol. The molecule has 1 aliphatic rings. The van der Waals surface area contributed by atoms with Crippen LogP contribution in [0.1, 0.15) is 11.1 Å². The van der Waals surface area contributed by atoms with Gasteiger partial charge in [0, 0.05) is 5.41 Å². The normalized spacial score (nSPS) is 19.0. The van der Waals surface area contributed by atoms with Gasteiger partial charge in [-0.15, -0.1) is 0 Å². The second kappa shape index (κ2) is 6.31. The van der Waals surface area contributed by atoms with Crippen LogP contribution in [0.3, 0.4) is 0 Å². The molecule has 5 nitrogen and oxygen atoms in total. The number of anilines is 1. The molecule has 3 rings (SSSR count). The Kier molecular flexibility index (Phi) is 4.47. The fraction of sp³-hybridized carbons (Fsp3) is 0.222. The summed E-state index contributed by atoms with van der Waals surface area (Å²) in [6.45, 7) is 3.84. The summed E-state index contributed by atoms with van der Waals surface area (Å²) < 4.78 is 51.4. The largest absolute Gasteiger partial charge is 0.264 e. The van der Waals surface area contributed by atoms with E-state index in [0.29, 0.717) is 5.69 Å². The van der Waals surface area contributed by atoms with Crippen LogP contribution in [0.2, 0.25) is 0 Å². The molecular formula is C18H19NO4S2. The van der Waals surface area contributed by atoms with Crippen molar-refractivity contribution >= 4 is 25.5 Å². The van der Waals surface area contributed by atoms with Crippen LogP contribution in [0, 0.1) is 13.8 Å². The van der Waals surface area contributed by atoms with Gasteiger partial charge in [-0.1, -0.05) is 24.3 Å². The Labute approximate surface area is 148 Å². The van der Waals surface area contributed by atoms with Crippen LogP contribution in [-0.2, 0) is 19.9 Å². The zero-order valence-electron chi connectivity index (χ0n) is 14.0. The smallest absolute Gasteiger partial charge is 0.258 e. The maximum absolute atomic E-state index is 13.2. The number of nitrogens with zero attached hydrogens (tertiary/aromatic N) is 1. The molecule has 1 atom stereocenters. The standard InChI is InChI=1S/C18H19NO4S2/c1-14-8-9-16(12-15(14)2)19(17-10-11-24(20,21)13-17)25(22,23)18-6-4-3-5-7-18/h3-12,17H,13H2,1-2H3/t17-/m0/s1. The van der Waals surface area contributed by atoms with Gasteiger partial charge in [0.2, 0.25) is 0 Å². The summed E-state index contributed by atoms with van der Waals surface area (Å²) in [5.41, 5.74) is 2.43. The van der Waals surface area contributed by atoms with E-state index < -0.39 is 25.9 Å². The number of hydrogen-bond donors (Lipinski definition) is 0. The molecule has 7 heteroatoms. The van der Waals surface area contributed by atoms with Gasteiger partial charge in [-0.3, -0.25) is 4.31 Å². The average Bonchev–Trinajstić information content (AvgIpc) is 2.91. The Morgan fingerprint density at radius 3 is 2.24 bits per heavy atom. The van der Waals surface area contributed by atoms with E-state index in [1.54, 1.807) is 30.3 Å². The molecule has 0 saturated carbocycles. The highest BCUT2D eigenvalue weighted by molar-refractivity contribution is 7.95. The van der Waals surface area contributed by atoms with Crippen molar-refractivity contribution in [1.82, 2.24) is 0 Å². The molecule has 1 heterocycles. The maximum atomic E-state index is 13.2. The highest BCUT2D eigenvalue weighted by Crippen LogP contribution is 2.30. The summed E-state index contributed by atoms with van der Waals surface area (Å²) in [5, 5.41) is 1.09. The van der Waals surface area contributed by atoms with Crippen molar-refractivity contribution in [2.24, 2.45) is 0 Å². The third-order valence-corrected chi connectivity index (χ3v) is 7.50. The summed E-state index contributed by atoms with van der Waals surface area (Å²) in [5.74, 6) is -0.258. The van der Waals surface area contributed by atoms with Gasteiger partial charge in [0.15, 0.2) is 9.84 Å². The third kappa shape index (κ3) is 3.48. The van der Waals surface area contributed by atoms with Gasteiger partial charge in [0.05, 0.1) is 22.4 Å². The predicted octanol–water partition coefficient (Wildman–Crippen LogP) is 2.81. The van der Waals surface area contributed by atoms with Crippen molar-refractivity contribution in [3.05, 3.63) is 71.1 Å². The summed E-state index contributed by atoms with van der Waals surface area (Å²) in [7, 11) is -7.30. The van der Waals surface area contributed by atoms with Crippen molar-refractivity contribution in [2.75, 3.05) is 10.1 Å². The first kappa shape index (κ1) is 17.7. The van der Waals surface area contributed by atoms with Gasteiger partial charge in [0.25, 0.3) is 10.0 Å². The quantitative estimate of drug-likeness (QED) is 0.821. The molecule has 0 aliphatic carbocycles. The molecule has 0 saturated heterocycles. The number of sulfone groups is 1. The van der Waals surface area contributed by atoms with Crippen LogP contribution in [0.15, 0.2) is 64.9 Å². The van der Waals surface area contributed by atoms with Crippen molar-refractivity contribution in [3.8, 4) is 0 Å². The van der Waals surface area contributed by atoms with E-state index in [1.807, 2.05) is 19.9 Å². The van der Waals surface area contributed by atoms with E-state index in [1.165, 1.54) is 22.5 Å². The molecule has 132 valence electrons. The van der Waals surface area contributed by atoms with Crippen LogP contribution in [0.5, 0.6) is 0 Å². The summed E-state index contributed by atoms with van der Waals surface area (Å²) >= 11 is 0. The van der Waals surface area contributed by atoms with Crippen LogP contribution in [0.25, 0.3) is 0 Å². The van der Waals surface area contributed by atoms with Gasteiger partial charge in [0.1, 0.15) is 0 Å². The molecule has 0 N–H and O–H groups in total. The van der Waals surface area contributed by atoms with Gasteiger partial charge in [-0.25, -0.2) is 16.8 Å². The molecule has 0 spiro atoms. The van der Waals surface area contributed by atoms with Crippen molar-refractivity contribution in [2.45, 2.75) is 24.8 Å². The minimum absolute atomic E-state index is 0.130. The molecule has 2 aromatic carbocycles. The Morgan fingerprint density at radius 2 is 1.68 bits per heavy atom. The summed E-state index contributed by atoms with van der Waals surface area (Å²) in [4.78, 5) is 0.130. The number of benzene rings is 2. The zero-order chi connectivity index (χ0) is 18.2. The molecule has 0 unspecified atom stereocenters. The van der Waals surface area contributed by atoms with Crippen LogP contribution in [0.4, 0.5) is 5.69 Å². The van der Waals surface area contributed by atoms with E-state index in [9.17, 15) is 16.8 Å². The first-order valence-corrected chi connectivity index (χ1v) is 10.9. The van der Waals surface area contributed by atoms with Crippen molar-refractivity contribution in [3.63, 3.8) is 0 Å². The highest BCUT2D eigenvalue weighted by atomic mass is 32.2. The third-order valence-electron chi connectivity index (χ3n) is 4.26.